The highest BCUT2D eigenvalue weighted by atomic mass is 16.3. The van der Waals surface area contributed by atoms with E-state index in [9.17, 15) is 5.11 Å². The number of fused-ring (bicyclic) bond motifs is 1. The van der Waals surface area contributed by atoms with Gasteiger partial charge in [-0.1, -0.05) is 12.1 Å². The van der Waals surface area contributed by atoms with Gasteiger partial charge in [-0.3, -0.25) is 5.10 Å². The summed E-state index contributed by atoms with van der Waals surface area (Å²) in [7, 11) is 0. The molecule has 1 aromatic heterocycles. The zero-order valence-corrected chi connectivity index (χ0v) is 9.03. The van der Waals surface area contributed by atoms with Gasteiger partial charge in [0, 0.05) is 23.5 Å². The summed E-state index contributed by atoms with van der Waals surface area (Å²) in [5, 5.41) is 21.3. The molecule has 4 nitrogen and oxygen atoms in total. The topological polar surface area (TPSA) is 60.9 Å². The minimum Gasteiger partial charge on any atom is -0.506 e. The highest BCUT2D eigenvalue weighted by Gasteiger charge is 2.17. The summed E-state index contributed by atoms with van der Waals surface area (Å²) in [5.74, 6) is 0.249. The van der Waals surface area contributed by atoms with Crippen molar-refractivity contribution >= 4 is 10.9 Å². The lowest BCUT2D eigenvalue weighted by Gasteiger charge is -2.07. The molecule has 0 aliphatic carbocycles. The van der Waals surface area contributed by atoms with E-state index < -0.39 is 0 Å². The van der Waals surface area contributed by atoms with Crippen molar-refractivity contribution in [2.75, 3.05) is 6.54 Å². The normalized spacial score (nSPS) is 20.6. The molecule has 1 aliphatic rings. The zero-order chi connectivity index (χ0) is 11.0. The van der Waals surface area contributed by atoms with Crippen LogP contribution in [0.4, 0.5) is 0 Å². The molecule has 0 bridgehead atoms. The number of aromatic amines is 1. The molecule has 2 aromatic rings. The molecule has 84 valence electrons. The quantitative estimate of drug-likeness (QED) is 0.715. The predicted octanol–water partition coefficient (Wildman–Crippen LogP) is 1.56. The molecule has 1 unspecified atom stereocenters. The SMILES string of the molecule is Oc1cccc2c(CC3CCCN3)[nH]nc12. The first-order valence-electron chi connectivity index (χ1n) is 5.73. The standard InChI is InChI=1S/C12H15N3O/c16-11-5-1-4-9-10(14-15-12(9)11)7-8-3-2-6-13-8/h1,4-5,8,13,16H,2-3,6-7H2,(H,14,15). The van der Waals surface area contributed by atoms with E-state index in [0.717, 1.165) is 24.0 Å². The molecule has 1 saturated heterocycles. The molecule has 4 heteroatoms. The minimum absolute atomic E-state index is 0.249. The summed E-state index contributed by atoms with van der Waals surface area (Å²) in [5.41, 5.74) is 1.79. The monoisotopic (exact) mass is 217 g/mol. The number of para-hydroxylation sites is 1. The van der Waals surface area contributed by atoms with Gasteiger partial charge in [0.25, 0.3) is 0 Å². The van der Waals surface area contributed by atoms with Crippen molar-refractivity contribution in [3.8, 4) is 5.75 Å². The molecule has 1 aromatic carbocycles. The second-order valence-corrected chi connectivity index (χ2v) is 4.37. The number of hydrogen-bond acceptors (Lipinski definition) is 3. The van der Waals surface area contributed by atoms with Crippen molar-refractivity contribution < 1.29 is 5.11 Å². The van der Waals surface area contributed by atoms with Gasteiger partial charge in [-0.05, 0) is 25.5 Å². The fourth-order valence-corrected chi connectivity index (χ4v) is 2.41. The molecule has 0 amide bonds. The largest absolute Gasteiger partial charge is 0.506 e. The highest BCUT2D eigenvalue weighted by Crippen LogP contribution is 2.25. The number of benzene rings is 1. The molecule has 1 atom stereocenters. The van der Waals surface area contributed by atoms with Crippen LogP contribution < -0.4 is 5.32 Å². The van der Waals surface area contributed by atoms with Crippen LogP contribution in [-0.4, -0.2) is 27.9 Å². The Morgan fingerprint density at radius 1 is 1.44 bits per heavy atom. The molecular formula is C12H15N3O. The van der Waals surface area contributed by atoms with Gasteiger partial charge in [-0.15, -0.1) is 0 Å². The van der Waals surface area contributed by atoms with E-state index in [4.69, 9.17) is 0 Å². The maximum Gasteiger partial charge on any atom is 0.143 e. The number of aromatic nitrogens is 2. The molecular weight excluding hydrogens is 202 g/mol. The Labute approximate surface area is 93.7 Å². The maximum absolute atomic E-state index is 9.65. The van der Waals surface area contributed by atoms with E-state index in [0.29, 0.717) is 11.6 Å². The summed E-state index contributed by atoms with van der Waals surface area (Å²) >= 11 is 0. The minimum atomic E-state index is 0.249. The number of phenolic OH excluding ortho intramolecular Hbond substituents is 1. The lowest BCUT2D eigenvalue weighted by molar-refractivity contribution is 0.480. The van der Waals surface area contributed by atoms with Crippen molar-refractivity contribution in [1.29, 1.82) is 0 Å². The molecule has 1 aliphatic heterocycles. The van der Waals surface area contributed by atoms with Gasteiger partial charge >= 0.3 is 0 Å². The zero-order valence-electron chi connectivity index (χ0n) is 9.03. The number of aromatic hydroxyl groups is 1. The number of hydrogen-bond donors (Lipinski definition) is 3. The van der Waals surface area contributed by atoms with Gasteiger partial charge < -0.3 is 10.4 Å². The summed E-state index contributed by atoms with van der Waals surface area (Å²) in [6, 6.07) is 6.08. The van der Waals surface area contributed by atoms with Crippen LogP contribution in [0.25, 0.3) is 10.9 Å². The summed E-state index contributed by atoms with van der Waals surface area (Å²) in [6.45, 7) is 1.11. The van der Waals surface area contributed by atoms with E-state index >= 15 is 0 Å². The van der Waals surface area contributed by atoms with Crippen LogP contribution in [0.3, 0.4) is 0 Å². The summed E-state index contributed by atoms with van der Waals surface area (Å²) < 4.78 is 0. The molecule has 16 heavy (non-hydrogen) atoms. The van der Waals surface area contributed by atoms with Gasteiger partial charge in [0.2, 0.25) is 0 Å². The number of nitrogens with one attached hydrogen (secondary N) is 2. The Bertz CT molecular complexity index is 500. The Hall–Kier alpha value is -1.55. The van der Waals surface area contributed by atoms with Crippen LogP contribution in [-0.2, 0) is 6.42 Å². The maximum atomic E-state index is 9.65. The first kappa shape index (κ1) is 9.66. The smallest absolute Gasteiger partial charge is 0.143 e. The van der Waals surface area contributed by atoms with Crippen molar-refractivity contribution in [3.05, 3.63) is 23.9 Å². The van der Waals surface area contributed by atoms with E-state index in [1.165, 1.54) is 12.8 Å². The fraction of sp³-hybridized carbons (Fsp3) is 0.417. The second-order valence-electron chi connectivity index (χ2n) is 4.37. The third-order valence-electron chi connectivity index (χ3n) is 3.26. The van der Waals surface area contributed by atoms with Crippen LogP contribution in [0, 0.1) is 0 Å². The third-order valence-corrected chi connectivity index (χ3v) is 3.26. The van der Waals surface area contributed by atoms with Crippen LogP contribution in [0.5, 0.6) is 5.75 Å². The molecule has 3 rings (SSSR count). The summed E-state index contributed by atoms with van der Waals surface area (Å²) in [6.07, 6.45) is 3.43. The van der Waals surface area contributed by atoms with Gasteiger partial charge in [0.1, 0.15) is 11.3 Å². The first-order valence-corrected chi connectivity index (χ1v) is 5.73. The van der Waals surface area contributed by atoms with Crippen LogP contribution in [0.1, 0.15) is 18.5 Å². The third kappa shape index (κ3) is 1.55. The Kier molecular flexibility index (Phi) is 2.29. The van der Waals surface area contributed by atoms with E-state index in [-0.39, 0.29) is 5.75 Å². The molecule has 3 N–H and O–H groups in total. The average molecular weight is 217 g/mol. The second kappa shape index (κ2) is 3.79. The fourth-order valence-electron chi connectivity index (χ4n) is 2.41. The van der Waals surface area contributed by atoms with Gasteiger partial charge in [-0.25, -0.2) is 0 Å². The van der Waals surface area contributed by atoms with Crippen molar-refractivity contribution in [2.24, 2.45) is 0 Å². The van der Waals surface area contributed by atoms with Gasteiger partial charge in [0.15, 0.2) is 0 Å². The van der Waals surface area contributed by atoms with Crippen molar-refractivity contribution in [3.63, 3.8) is 0 Å². The van der Waals surface area contributed by atoms with Crippen LogP contribution in [0.15, 0.2) is 18.2 Å². The lowest BCUT2D eigenvalue weighted by atomic mass is 10.1. The lowest BCUT2D eigenvalue weighted by Crippen LogP contribution is -2.23. The Morgan fingerprint density at radius 2 is 2.38 bits per heavy atom. The molecule has 0 saturated carbocycles. The molecule has 0 spiro atoms. The summed E-state index contributed by atoms with van der Waals surface area (Å²) in [4.78, 5) is 0. The Morgan fingerprint density at radius 3 is 3.19 bits per heavy atom. The molecule has 0 radical (unpaired) electrons. The number of H-pyrrole nitrogens is 1. The highest BCUT2D eigenvalue weighted by molar-refractivity contribution is 5.86. The van der Waals surface area contributed by atoms with Gasteiger partial charge in [0.05, 0.1) is 0 Å². The van der Waals surface area contributed by atoms with E-state index in [2.05, 4.69) is 15.5 Å². The number of phenols is 1. The first-order chi connectivity index (χ1) is 7.84. The average Bonchev–Trinajstić information content (AvgIpc) is 2.90. The number of rotatable bonds is 2. The predicted molar refractivity (Wildman–Crippen MR) is 62.5 cm³/mol. The molecule has 1 fully saturated rings. The van der Waals surface area contributed by atoms with Crippen molar-refractivity contribution in [2.45, 2.75) is 25.3 Å². The van der Waals surface area contributed by atoms with Crippen molar-refractivity contribution in [1.82, 2.24) is 15.5 Å². The molecule has 2 heterocycles. The number of nitrogens with zero attached hydrogens (tertiary/aromatic N) is 1. The van der Waals surface area contributed by atoms with Gasteiger partial charge in [-0.2, -0.15) is 5.10 Å². The Balaban J connectivity index is 1.94. The van der Waals surface area contributed by atoms with Crippen LogP contribution >= 0.6 is 0 Å². The van der Waals surface area contributed by atoms with E-state index in [1.807, 2.05) is 12.1 Å². The van der Waals surface area contributed by atoms with E-state index in [1.54, 1.807) is 6.07 Å². The van der Waals surface area contributed by atoms with Crippen LogP contribution in [0.2, 0.25) is 0 Å².